The Hall–Kier alpha value is -2.79. The molecule has 1 aromatic carbocycles. The van der Waals surface area contributed by atoms with Gasteiger partial charge in [0.1, 0.15) is 5.69 Å². The van der Waals surface area contributed by atoms with Gasteiger partial charge >= 0.3 is 0 Å². The normalized spacial score (nSPS) is 16.5. The number of hydrogen-bond donors (Lipinski definition) is 0. The Morgan fingerprint density at radius 3 is 2.50 bits per heavy atom. The molecule has 1 fully saturated rings. The average molecular weight is 400 g/mol. The average Bonchev–Trinajstić information content (AvgIpc) is 3.41. The first-order valence-electron chi connectivity index (χ1n) is 10.9. The van der Waals surface area contributed by atoms with E-state index in [2.05, 4.69) is 95.9 Å². The summed E-state index contributed by atoms with van der Waals surface area (Å²) in [7, 11) is 0. The van der Waals surface area contributed by atoms with E-state index in [9.17, 15) is 0 Å². The Labute approximate surface area is 177 Å². The van der Waals surface area contributed by atoms with Crippen molar-refractivity contribution in [1.29, 1.82) is 0 Å². The second-order valence-electron chi connectivity index (χ2n) is 9.46. The van der Waals surface area contributed by atoms with Gasteiger partial charge in [-0.2, -0.15) is 0 Å². The fraction of sp³-hybridized carbons (Fsp3) is 0.400. The lowest BCUT2D eigenvalue weighted by Gasteiger charge is -2.24. The second kappa shape index (κ2) is 7.17. The van der Waals surface area contributed by atoms with Gasteiger partial charge in [0.2, 0.25) is 0 Å². The van der Waals surface area contributed by atoms with Gasteiger partial charge in [0.25, 0.3) is 0 Å². The van der Waals surface area contributed by atoms with E-state index in [1.165, 1.54) is 37.1 Å². The van der Waals surface area contributed by atoms with E-state index in [0.717, 1.165) is 28.1 Å². The van der Waals surface area contributed by atoms with Gasteiger partial charge in [-0.15, -0.1) is 10.2 Å². The molecule has 30 heavy (non-hydrogen) atoms. The van der Waals surface area contributed by atoms with Crippen LogP contribution < -0.4 is 0 Å². The summed E-state index contributed by atoms with van der Waals surface area (Å²) in [5.41, 5.74) is 5.32. The number of rotatable bonds is 3. The number of hydrogen-bond acceptors (Lipinski definition) is 4. The molecule has 0 N–H and O–H groups in total. The molecule has 0 radical (unpaired) electrons. The summed E-state index contributed by atoms with van der Waals surface area (Å²) in [5.74, 6) is 0.797. The maximum atomic E-state index is 5.05. The van der Waals surface area contributed by atoms with Gasteiger partial charge in [0.05, 0.1) is 5.52 Å². The first-order chi connectivity index (χ1) is 14.4. The zero-order chi connectivity index (χ0) is 20.9. The highest BCUT2D eigenvalue weighted by atomic mass is 15.3. The molecule has 4 heterocycles. The zero-order valence-electron chi connectivity index (χ0n) is 18.3. The van der Waals surface area contributed by atoms with Crippen LogP contribution in [0.2, 0.25) is 0 Å². The van der Waals surface area contributed by atoms with Crippen molar-refractivity contribution in [3.8, 4) is 11.5 Å². The molecule has 0 spiro atoms. The number of fused-ring (bicyclic) bond motifs is 2. The van der Waals surface area contributed by atoms with Gasteiger partial charge < -0.3 is 0 Å². The lowest BCUT2D eigenvalue weighted by molar-refractivity contribution is 0.262. The van der Waals surface area contributed by atoms with Crippen LogP contribution in [0, 0.1) is 0 Å². The van der Waals surface area contributed by atoms with Crippen molar-refractivity contribution in [3.05, 3.63) is 59.8 Å². The molecular formula is C25H29N5. The molecule has 0 amide bonds. The molecule has 1 atom stereocenters. The van der Waals surface area contributed by atoms with Crippen LogP contribution in [-0.4, -0.2) is 37.6 Å². The van der Waals surface area contributed by atoms with Crippen LogP contribution in [0.25, 0.3) is 28.1 Å². The van der Waals surface area contributed by atoms with Crippen LogP contribution in [0.15, 0.2) is 48.7 Å². The number of aromatic nitrogens is 4. The van der Waals surface area contributed by atoms with Gasteiger partial charge in [-0.25, -0.2) is 4.98 Å². The van der Waals surface area contributed by atoms with Crippen molar-refractivity contribution in [2.45, 2.75) is 52.0 Å². The summed E-state index contributed by atoms with van der Waals surface area (Å²) in [6, 6.07) is 15.3. The highest BCUT2D eigenvalue weighted by Gasteiger charge is 2.21. The summed E-state index contributed by atoms with van der Waals surface area (Å²) in [4.78, 5) is 7.60. The molecule has 5 rings (SSSR count). The summed E-state index contributed by atoms with van der Waals surface area (Å²) >= 11 is 0. The van der Waals surface area contributed by atoms with E-state index < -0.39 is 0 Å². The Balaban J connectivity index is 1.62. The highest BCUT2D eigenvalue weighted by molar-refractivity contribution is 5.84. The van der Waals surface area contributed by atoms with Crippen LogP contribution in [0.3, 0.4) is 0 Å². The predicted molar refractivity (Wildman–Crippen MR) is 122 cm³/mol. The van der Waals surface area contributed by atoms with Crippen molar-refractivity contribution in [2.24, 2.45) is 0 Å². The molecule has 3 aromatic heterocycles. The first kappa shape index (κ1) is 19.2. The zero-order valence-corrected chi connectivity index (χ0v) is 18.3. The lowest BCUT2D eigenvalue weighted by Crippen LogP contribution is -2.23. The van der Waals surface area contributed by atoms with E-state index in [4.69, 9.17) is 4.98 Å². The summed E-state index contributed by atoms with van der Waals surface area (Å²) in [6.45, 7) is 11.3. The van der Waals surface area contributed by atoms with Crippen LogP contribution >= 0.6 is 0 Å². The number of nitrogens with zero attached hydrogens (tertiary/aromatic N) is 5. The molecule has 0 saturated carbocycles. The third-order valence-electron chi connectivity index (χ3n) is 6.35. The van der Waals surface area contributed by atoms with Crippen LogP contribution in [0.1, 0.15) is 57.7 Å². The molecule has 0 bridgehead atoms. The topological polar surface area (TPSA) is 46.3 Å². The molecule has 5 heteroatoms. The first-order valence-corrected chi connectivity index (χ1v) is 10.9. The molecule has 1 saturated heterocycles. The summed E-state index contributed by atoms with van der Waals surface area (Å²) in [6.07, 6.45) is 4.78. The third-order valence-corrected chi connectivity index (χ3v) is 6.35. The minimum atomic E-state index is 0.0242. The molecular weight excluding hydrogens is 370 g/mol. The fourth-order valence-electron chi connectivity index (χ4n) is 4.55. The summed E-state index contributed by atoms with van der Waals surface area (Å²) < 4.78 is 2.09. The van der Waals surface area contributed by atoms with Crippen molar-refractivity contribution in [2.75, 3.05) is 13.1 Å². The Morgan fingerprint density at radius 1 is 0.933 bits per heavy atom. The van der Waals surface area contributed by atoms with E-state index in [0.29, 0.717) is 6.04 Å². The maximum Gasteiger partial charge on any atom is 0.187 e. The Morgan fingerprint density at radius 2 is 1.73 bits per heavy atom. The van der Waals surface area contributed by atoms with Crippen molar-refractivity contribution in [3.63, 3.8) is 0 Å². The van der Waals surface area contributed by atoms with E-state index >= 15 is 0 Å². The Bertz CT molecular complexity index is 1210. The largest absolute Gasteiger partial charge is 0.297 e. The maximum absolute atomic E-state index is 5.05. The third kappa shape index (κ3) is 3.27. The molecule has 4 aromatic rings. The molecule has 0 unspecified atom stereocenters. The van der Waals surface area contributed by atoms with Crippen molar-refractivity contribution >= 4 is 16.6 Å². The standard InChI is InChI=1S/C25H29N5/c1-17(29-14-5-6-15-29)19-11-13-22-27-28-24(30(22)16-19)21-12-10-18-8-7-9-20(23(18)26-21)25(2,3)4/h7-13,16-17H,5-6,14-15H2,1-4H3/t17-/m0/s1. The minimum absolute atomic E-state index is 0.0242. The molecule has 154 valence electrons. The predicted octanol–water partition coefficient (Wildman–Crippen LogP) is 5.40. The number of pyridine rings is 2. The van der Waals surface area contributed by atoms with E-state index in [-0.39, 0.29) is 5.41 Å². The van der Waals surface area contributed by atoms with Crippen LogP contribution in [0.5, 0.6) is 0 Å². The number of likely N-dealkylation sites (tertiary alicyclic amines) is 1. The van der Waals surface area contributed by atoms with Crippen molar-refractivity contribution < 1.29 is 0 Å². The van der Waals surface area contributed by atoms with E-state index in [1.54, 1.807) is 0 Å². The fourth-order valence-corrected chi connectivity index (χ4v) is 4.55. The monoisotopic (exact) mass is 399 g/mol. The van der Waals surface area contributed by atoms with Gasteiger partial charge in [0, 0.05) is 17.6 Å². The second-order valence-corrected chi connectivity index (χ2v) is 9.46. The number of para-hydroxylation sites is 1. The quantitative estimate of drug-likeness (QED) is 0.463. The van der Waals surface area contributed by atoms with Gasteiger partial charge in [-0.3, -0.25) is 9.30 Å². The molecule has 1 aliphatic rings. The Kier molecular flexibility index (Phi) is 4.58. The highest BCUT2D eigenvalue weighted by Crippen LogP contribution is 2.31. The molecule has 5 nitrogen and oxygen atoms in total. The van der Waals surface area contributed by atoms with E-state index in [1.807, 2.05) is 0 Å². The molecule has 0 aliphatic carbocycles. The van der Waals surface area contributed by atoms with Crippen molar-refractivity contribution in [1.82, 2.24) is 24.5 Å². The van der Waals surface area contributed by atoms with Gasteiger partial charge in [-0.05, 0) is 61.5 Å². The number of benzene rings is 1. The summed E-state index contributed by atoms with van der Waals surface area (Å²) in [5, 5.41) is 10.1. The van der Waals surface area contributed by atoms with Gasteiger partial charge in [0.15, 0.2) is 11.5 Å². The van der Waals surface area contributed by atoms with Gasteiger partial charge in [-0.1, -0.05) is 51.1 Å². The smallest absolute Gasteiger partial charge is 0.187 e. The lowest BCUT2D eigenvalue weighted by atomic mass is 9.85. The SMILES string of the molecule is C[C@@H](c1ccc2nnc(-c3ccc4cccc(C(C)(C)C)c4n3)n2c1)N1CCCC1. The van der Waals surface area contributed by atoms with Crippen LogP contribution in [-0.2, 0) is 5.41 Å². The van der Waals surface area contributed by atoms with Crippen LogP contribution in [0.4, 0.5) is 0 Å². The molecule has 1 aliphatic heterocycles. The minimum Gasteiger partial charge on any atom is -0.297 e.